The second-order valence-corrected chi connectivity index (χ2v) is 7.76. The fraction of sp³-hybridized carbons (Fsp3) is 0.409. The first-order valence-electron chi connectivity index (χ1n) is 9.45. The number of fused-ring (bicyclic) bond motifs is 4. The van der Waals surface area contributed by atoms with Crippen LogP contribution < -0.4 is 4.74 Å². The van der Waals surface area contributed by atoms with Crippen molar-refractivity contribution >= 4 is 5.71 Å². The number of ether oxygens (including phenoxy) is 1. The van der Waals surface area contributed by atoms with Gasteiger partial charge in [-0.2, -0.15) is 5.10 Å². The smallest absolute Gasteiger partial charge is 0.198 e. The standard InChI is InChI=1S/C22H24N2O/c1-16-8-7-13-22(15-16)24-20(18-11-5-6-12-21(18)25-22)14-19(23-24)17-9-3-2-4-10-17/h2-6,9-12,16,20H,7-8,13-15H2,1H3/t16-,20-,22+/m1/s1. The summed E-state index contributed by atoms with van der Waals surface area (Å²) in [5.74, 6) is 1.73. The van der Waals surface area contributed by atoms with Crippen molar-refractivity contribution in [1.82, 2.24) is 5.01 Å². The Balaban J connectivity index is 1.61. The van der Waals surface area contributed by atoms with E-state index in [-0.39, 0.29) is 5.72 Å². The van der Waals surface area contributed by atoms with Crippen LogP contribution in [0.3, 0.4) is 0 Å². The van der Waals surface area contributed by atoms with Gasteiger partial charge in [0.05, 0.1) is 11.8 Å². The average molecular weight is 332 g/mol. The molecule has 2 aliphatic heterocycles. The van der Waals surface area contributed by atoms with Gasteiger partial charge in [-0.25, -0.2) is 5.01 Å². The summed E-state index contributed by atoms with van der Waals surface area (Å²) >= 11 is 0. The molecule has 1 aliphatic carbocycles. The van der Waals surface area contributed by atoms with E-state index in [1.807, 2.05) is 0 Å². The van der Waals surface area contributed by atoms with Crippen LogP contribution in [-0.4, -0.2) is 16.4 Å². The average Bonchev–Trinajstić information content (AvgIpc) is 3.09. The van der Waals surface area contributed by atoms with Crippen molar-refractivity contribution in [2.45, 2.75) is 50.8 Å². The summed E-state index contributed by atoms with van der Waals surface area (Å²) in [4.78, 5) is 0. The zero-order valence-electron chi connectivity index (χ0n) is 14.7. The van der Waals surface area contributed by atoms with Crippen LogP contribution in [0.4, 0.5) is 0 Å². The molecule has 25 heavy (non-hydrogen) atoms. The van der Waals surface area contributed by atoms with Crippen LogP contribution in [-0.2, 0) is 0 Å². The first-order chi connectivity index (χ1) is 12.3. The zero-order valence-corrected chi connectivity index (χ0v) is 14.7. The lowest BCUT2D eigenvalue weighted by Crippen LogP contribution is -2.55. The van der Waals surface area contributed by atoms with E-state index in [1.54, 1.807) is 0 Å². The van der Waals surface area contributed by atoms with Crippen LogP contribution in [0, 0.1) is 5.92 Å². The molecule has 2 heterocycles. The monoisotopic (exact) mass is 332 g/mol. The summed E-state index contributed by atoms with van der Waals surface area (Å²) in [5, 5.41) is 7.43. The van der Waals surface area contributed by atoms with Crippen molar-refractivity contribution in [1.29, 1.82) is 0 Å². The largest absolute Gasteiger partial charge is 0.466 e. The first kappa shape index (κ1) is 15.0. The van der Waals surface area contributed by atoms with E-state index in [0.29, 0.717) is 12.0 Å². The summed E-state index contributed by atoms with van der Waals surface area (Å²) in [6, 6.07) is 19.4. The molecule has 5 rings (SSSR count). The Hall–Kier alpha value is -2.29. The molecule has 0 radical (unpaired) electrons. The molecule has 2 aromatic rings. The highest BCUT2D eigenvalue weighted by Crippen LogP contribution is 2.51. The predicted molar refractivity (Wildman–Crippen MR) is 99.6 cm³/mol. The van der Waals surface area contributed by atoms with E-state index in [2.05, 4.69) is 66.5 Å². The second-order valence-electron chi connectivity index (χ2n) is 7.76. The Kier molecular flexibility index (Phi) is 3.37. The van der Waals surface area contributed by atoms with E-state index in [1.165, 1.54) is 29.7 Å². The molecule has 2 aromatic carbocycles. The molecule has 0 unspecified atom stereocenters. The minimum Gasteiger partial charge on any atom is -0.466 e. The van der Waals surface area contributed by atoms with Crippen LogP contribution in [0.1, 0.15) is 56.2 Å². The molecule has 1 spiro atoms. The molecule has 3 heteroatoms. The molecule has 0 amide bonds. The SMILES string of the molecule is C[C@@H]1CCC[C@@]2(C1)Oc1ccccc1[C@H]1CC(c3ccccc3)=NN12. The van der Waals surface area contributed by atoms with Gasteiger partial charge in [0.15, 0.2) is 5.72 Å². The van der Waals surface area contributed by atoms with Crippen molar-refractivity contribution in [3.63, 3.8) is 0 Å². The number of hydrogen-bond donors (Lipinski definition) is 0. The highest BCUT2D eigenvalue weighted by Gasteiger charge is 2.51. The molecule has 0 saturated heterocycles. The van der Waals surface area contributed by atoms with E-state index < -0.39 is 0 Å². The molecular formula is C22H24N2O. The number of hydrogen-bond acceptors (Lipinski definition) is 3. The van der Waals surface area contributed by atoms with Crippen LogP contribution in [0.25, 0.3) is 0 Å². The van der Waals surface area contributed by atoms with Crippen molar-refractivity contribution < 1.29 is 4.74 Å². The van der Waals surface area contributed by atoms with Gasteiger partial charge in [-0.15, -0.1) is 0 Å². The number of para-hydroxylation sites is 1. The summed E-state index contributed by atoms with van der Waals surface area (Å²) < 4.78 is 6.65. The summed E-state index contributed by atoms with van der Waals surface area (Å²) in [5.41, 5.74) is 3.42. The lowest BCUT2D eigenvalue weighted by molar-refractivity contribution is -0.149. The van der Waals surface area contributed by atoms with Crippen molar-refractivity contribution in [2.24, 2.45) is 11.0 Å². The molecule has 3 aliphatic rings. The van der Waals surface area contributed by atoms with Gasteiger partial charge in [0.25, 0.3) is 0 Å². The van der Waals surface area contributed by atoms with E-state index in [9.17, 15) is 0 Å². The Morgan fingerprint density at radius 1 is 1.08 bits per heavy atom. The van der Waals surface area contributed by atoms with Crippen LogP contribution in [0.15, 0.2) is 59.7 Å². The van der Waals surface area contributed by atoms with Gasteiger partial charge in [0.1, 0.15) is 5.75 Å². The highest BCUT2D eigenvalue weighted by molar-refractivity contribution is 6.01. The molecule has 128 valence electrons. The van der Waals surface area contributed by atoms with Crippen LogP contribution in [0.5, 0.6) is 5.75 Å². The topological polar surface area (TPSA) is 24.8 Å². The normalized spacial score (nSPS) is 30.4. The number of benzene rings is 2. The molecule has 1 saturated carbocycles. The minimum absolute atomic E-state index is 0.271. The van der Waals surface area contributed by atoms with Crippen LogP contribution >= 0.6 is 0 Å². The van der Waals surface area contributed by atoms with E-state index in [4.69, 9.17) is 9.84 Å². The lowest BCUT2D eigenvalue weighted by atomic mass is 9.81. The maximum atomic E-state index is 6.65. The summed E-state index contributed by atoms with van der Waals surface area (Å²) in [7, 11) is 0. The lowest BCUT2D eigenvalue weighted by Gasteiger charge is -2.50. The molecule has 0 bridgehead atoms. The molecule has 3 nitrogen and oxygen atoms in total. The Morgan fingerprint density at radius 3 is 2.72 bits per heavy atom. The number of nitrogens with zero attached hydrogens (tertiary/aromatic N) is 2. The third-order valence-electron chi connectivity index (χ3n) is 5.94. The van der Waals surface area contributed by atoms with Gasteiger partial charge in [-0.3, -0.25) is 0 Å². The van der Waals surface area contributed by atoms with Gasteiger partial charge >= 0.3 is 0 Å². The molecular weight excluding hydrogens is 308 g/mol. The van der Waals surface area contributed by atoms with E-state index in [0.717, 1.165) is 25.0 Å². The quantitative estimate of drug-likeness (QED) is 0.722. The third kappa shape index (κ3) is 2.37. The Labute approximate surface area is 149 Å². The van der Waals surface area contributed by atoms with Gasteiger partial charge < -0.3 is 4.74 Å². The van der Waals surface area contributed by atoms with Crippen molar-refractivity contribution in [2.75, 3.05) is 0 Å². The van der Waals surface area contributed by atoms with Gasteiger partial charge in [0, 0.05) is 24.8 Å². The molecule has 0 aromatic heterocycles. The maximum absolute atomic E-state index is 6.65. The summed E-state index contributed by atoms with van der Waals surface area (Å²) in [6.45, 7) is 2.34. The third-order valence-corrected chi connectivity index (χ3v) is 5.94. The van der Waals surface area contributed by atoms with Crippen molar-refractivity contribution in [3.05, 3.63) is 65.7 Å². The number of rotatable bonds is 1. The minimum atomic E-state index is -0.271. The fourth-order valence-corrected chi connectivity index (χ4v) is 4.81. The van der Waals surface area contributed by atoms with Crippen LogP contribution in [0.2, 0.25) is 0 Å². The second kappa shape index (κ2) is 5.62. The molecule has 3 atom stereocenters. The number of hydrazone groups is 1. The first-order valence-corrected chi connectivity index (χ1v) is 9.45. The van der Waals surface area contributed by atoms with Gasteiger partial charge in [0.2, 0.25) is 0 Å². The van der Waals surface area contributed by atoms with Crippen molar-refractivity contribution in [3.8, 4) is 5.75 Å². The predicted octanol–water partition coefficient (Wildman–Crippen LogP) is 5.14. The molecule has 0 N–H and O–H groups in total. The summed E-state index contributed by atoms with van der Waals surface area (Å²) in [6.07, 6.45) is 5.58. The highest BCUT2D eigenvalue weighted by atomic mass is 16.5. The Morgan fingerprint density at radius 2 is 1.88 bits per heavy atom. The Bertz CT molecular complexity index is 816. The van der Waals surface area contributed by atoms with Gasteiger partial charge in [-0.1, -0.05) is 61.9 Å². The molecule has 1 fully saturated rings. The zero-order chi connectivity index (χ0) is 16.9. The fourth-order valence-electron chi connectivity index (χ4n) is 4.81. The van der Waals surface area contributed by atoms with E-state index >= 15 is 0 Å². The maximum Gasteiger partial charge on any atom is 0.198 e. The van der Waals surface area contributed by atoms with Gasteiger partial charge in [-0.05, 0) is 24.0 Å².